The fourth-order valence-electron chi connectivity index (χ4n) is 3.15. The Morgan fingerprint density at radius 1 is 0.905 bits per heavy atom. The molecule has 3 nitrogen and oxygen atoms in total. The molecule has 1 aliphatic carbocycles. The van der Waals surface area contributed by atoms with Crippen molar-refractivity contribution in [3.05, 3.63) is 69.1 Å². The van der Waals surface area contributed by atoms with Crippen LogP contribution >= 0.6 is 11.6 Å². The van der Waals surface area contributed by atoms with Crippen molar-refractivity contribution < 1.29 is 0 Å². The van der Waals surface area contributed by atoms with E-state index in [-0.39, 0.29) is 11.1 Å². The summed E-state index contributed by atoms with van der Waals surface area (Å²) in [7, 11) is 0. The Labute approximate surface area is 127 Å². The molecule has 1 atom stereocenters. The lowest BCUT2D eigenvalue weighted by Gasteiger charge is -2.12. The molecule has 0 spiro atoms. The Bertz CT molecular complexity index is 878. The highest BCUT2D eigenvalue weighted by Crippen LogP contribution is 2.33. The number of hydrogen-bond acceptors (Lipinski definition) is 1. The molecule has 0 radical (unpaired) electrons. The molecule has 2 aromatic carbocycles. The zero-order valence-corrected chi connectivity index (χ0v) is 12.2. The average molecular weight is 299 g/mol. The molecule has 21 heavy (non-hydrogen) atoms. The molecule has 0 amide bonds. The molecule has 1 heterocycles. The van der Waals surface area contributed by atoms with Gasteiger partial charge in [0.1, 0.15) is 0 Å². The summed E-state index contributed by atoms with van der Waals surface area (Å²) in [6.07, 6.45) is 3.57. The van der Waals surface area contributed by atoms with Crippen molar-refractivity contribution in [3.63, 3.8) is 0 Å². The van der Waals surface area contributed by atoms with Gasteiger partial charge in [-0.15, -0.1) is 11.6 Å². The molecule has 2 N–H and O–H groups in total. The second-order valence-corrected chi connectivity index (χ2v) is 6.06. The summed E-state index contributed by atoms with van der Waals surface area (Å²) >= 11 is 6.64. The molecule has 0 fully saturated rings. The van der Waals surface area contributed by atoms with E-state index in [2.05, 4.69) is 28.2 Å². The minimum absolute atomic E-state index is 0.189. The molecule has 1 aromatic heterocycles. The van der Waals surface area contributed by atoms with Gasteiger partial charge in [0.05, 0.1) is 16.4 Å². The van der Waals surface area contributed by atoms with Crippen LogP contribution in [-0.4, -0.2) is 9.97 Å². The molecule has 0 saturated heterocycles. The summed E-state index contributed by atoms with van der Waals surface area (Å²) < 4.78 is 0. The molecule has 1 unspecified atom stereocenters. The predicted molar refractivity (Wildman–Crippen MR) is 85.1 cm³/mol. The Morgan fingerprint density at radius 3 is 2.52 bits per heavy atom. The van der Waals surface area contributed by atoms with Gasteiger partial charge in [-0.3, -0.25) is 0 Å². The van der Waals surface area contributed by atoms with Gasteiger partial charge in [0, 0.05) is 0 Å². The van der Waals surface area contributed by atoms with Gasteiger partial charge in [-0.2, -0.15) is 0 Å². The van der Waals surface area contributed by atoms with E-state index >= 15 is 0 Å². The third-order valence-electron chi connectivity index (χ3n) is 4.25. The van der Waals surface area contributed by atoms with Gasteiger partial charge in [0.25, 0.3) is 0 Å². The smallest absolute Gasteiger partial charge is 0.306 e. The van der Waals surface area contributed by atoms with Crippen molar-refractivity contribution in [2.24, 2.45) is 0 Å². The van der Waals surface area contributed by atoms with E-state index in [9.17, 15) is 4.79 Å². The Kier molecular flexibility index (Phi) is 2.89. The first kappa shape index (κ1) is 12.7. The van der Waals surface area contributed by atoms with Crippen LogP contribution < -0.4 is 5.69 Å². The normalized spacial score (nSPS) is 15.3. The van der Waals surface area contributed by atoms with Crippen molar-refractivity contribution in [1.82, 2.24) is 9.97 Å². The fraction of sp³-hybridized carbons (Fsp3) is 0.235. The maximum atomic E-state index is 11.3. The number of alkyl halides is 1. The summed E-state index contributed by atoms with van der Waals surface area (Å²) in [6, 6.07) is 12.3. The molecule has 0 saturated carbocycles. The number of nitrogens with one attached hydrogen (secondary N) is 2. The predicted octanol–water partition coefficient (Wildman–Crippen LogP) is 3.67. The average Bonchev–Trinajstić information content (AvgIpc) is 3.09. The Hall–Kier alpha value is -2.00. The first-order chi connectivity index (χ1) is 10.2. The number of aryl methyl sites for hydroxylation is 2. The lowest BCUT2D eigenvalue weighted by molar-refractivity contribution is 0.911. The number of rotatable bonds is 2. The van der Waals surface area contributed by atoms with Gasteiger partial charge in [-0.25, -0.2) is 4.79 Å². The van der Waals surface area contributed by atoms with Crippen LogP contribution in [0, 0.1) is 0 Å². The lowest BCUT2D eigenvalue weighted by Crippen LogP contribution is -1.99. The van der Waals surface area contributed by atoms with Crippen molar-refractivity contribution in [1.29, 1.82) is 0 Å². The molecule has 0 bridgehead atoms. The van der Waals surface area contributed by atoms with E-state index < -0.39 is 0 Å². The van der Waals surface area contributed by atoms with Gasteiger partial charge >= 0.3 is 5.69 Å². The second-order valence-electron chi connectivity index (χ2n) is 5.63. The van der Waals surface area contributed by atoms with Crippen molar-refractivity contribution in [3.8, 4) is 0 Å². The minimum atomic E-state index is -0.196. The highest BCUT2D eigenvalue weighted by molar-refractivity contribution is 6.22. The third kappa shape index (κ3) is 2.18. The van der Waals surface area contributed by atoms with Gasteiger partial charge in [-0.1, -0.05) is 24.3 Å². The van der Waals surface area contributed by atoms with E-state index in [1.54, 1.807) is 0 Å². The number of benzene rings is 2. The molecule has 0 aliphatic heterocycles. The molecule has 1 aliphatic rings. The number of H-pyrrole nitrogens is 2. The van der Waals surface area contributed by atoms with Gasteiger partial charge in [0.2, 0.25) is 0 Å². The van der Waals surface area contributed by atoms with Crippen LogP contribution in [0.3, 0.4) is 0 Å². The topological polar surface area (TPSA) is 48.6 Å². The number of aromatic nitrogens is 2. The van der Waals surface area contributed by atoms with E-state index in [1.165, 1.54) is 24.0 Å². The van der Waals surface area contributed by atoms with Gasteiger partial charge < -0.3 is 9.97 Å². The second kappa shape index (κ2) is 4.78. The maximum Gasteiger partial charge on any atom is 0.323 e. The van der Waals surface area contributed by atoms with E-state index in [4.69, 9.17) is 11.6 Å². The summed E-state index contributed by atoms with van der Waals surface area (Å²) in [6.45, 7) is 0. The maximum absolute atomic E-state index is 11.3. The number of hydrogen-bond donors (Lipinski definition) is 2. The van der Waals surface area contributed by atoms with Crippen LogP contribution in [0.1, 0.15) is 34.1 Å². The molecule has 106 valence electrons. The summed E-state index contributed by atoms with van der Waals surface area (Å²) in [5.41, 5.74) is 6.41. The Balaban J connectivity index is 1.75. The van der Waals surface area contributed by atoms with E-state index in [0.717, 1.165) is 28.6 Å². The van der Waals surface area contributed by atoms with Crippen LogP contribution in [-0.2, 0) is 12.8 Å². The lowest BCUT2D eigenvalue weighted by atomic mass is 10.00. The number of aromatic amines is 2. The van der Waals surface area contributed by atoms with Crippen molar-refractivity contribution >= 4 is 22.6 Å². The van der Waals surface area contributed by atoms with E-state index in [1.807, 2.05) is 18.2 Å². The molecule has 4 heteroatoms. The van der Waals surface area contributed by atoms with Crippen molar-refractivity contribution in [2.75, 3.05) is 0 Å². The first-order valence-electron chi connectivity index (χ1n) is 7.18. The SMILES string of the molecule is O=c1[nH]c2ccc(C(Cl)c3ccc4c(c3)CCC4)cc2[nH]1. The fourth-order valence-corrected chi connectivity index (χ4v) is 3.42. The Morgan fingerprint density at radius 2 is 1.62 bits per heavy atom. The number of imidazole rings is 1. The molecule has 3 aromatic rings. The summed E-state index contributed by atoms with van der Waals surface area (Å²) in [5, 5.41) is -0.196. The van der Waals surface area contributed by atoms with Crippen LogP contribution in [0.5, 0.6) is 0 Å². The van der Waals surface area contributed by atoms with Crippen LogP contribution in [0.25, 0.3) is 11.0 Å². The number of halogens is 1. The van der Waals surface area contributed by atoms with Crippen LogP contribution in [0.4, 0.5) is 0 Å². The zero-order chi connectivity index (χ0) is 14.4. The largest absolute Gasteiger partial charge is 0.323 e. The van der Waals surface area contributed by atoms with Gasteiger partial charge in [0.15, 0.2) is 0 Å². The standard InChI is InChI=1S/C17H15ClN2O/c18-16(12-5-4-10-2-1-3-11(10)8-12)13-6-7-14-15(9-13)20-17(21)19-14/h4-9,16H,1-3H2,(H2,19,20,21). The van der Waals surface area contributed by atoms with Crippen molar-refractivity contribution in [2.45, 2.75) is 24.6 Å². The van der Waals surface area contributed by atoms with Crippen LogP contribution in [0.15, 0.2) is 41.2 Å². The zero-order valence-electron chi connectivity index (χ0n) is 11.4. The third-order valence-corrected chi connectivity index (χ3v) is 4.75. The highest BCUT2D eigenvalue weighted by atomic mass is 35.5. The highest BCUT2D eigenvalue weighted by Gasteiger charge is 2.16. The summed E-state index contributed by atoms with van der Waals surface area (Å²) in [4.78, 5) is 16.8. The van der Waals surface area contributed by atoms with Gasteiger partial charge in [-0.05, 0) is 53.6 Å². The van der Waals surface area contributed by atoms with Crippen LogP contribution in [0.2, 0.25) is 0 Å². The minimum Gasteiger partial charge on any atom is -0.306 e. The summed E-state index contributed by atoms with van der Waals surface area (Å²) in [5.74, 6) is 0. The van der Waals surface area contributed by atoms with E-state index in [0.29, 0.717) is 0 Å². The molecule has 4 rings (SSSR count). The quantitative estimate of drug-likeness (QED) is 0.697. The monoisotopic (exact) mass is 298 g/mol. The first-order valence-corrected chi connectivity index (χ1v) is 7.62. The number of fused-ring (bicyclic) bond motifs is 2. The molecular formula is C17H15ClN2O. The molecular weight excluding hydrogens is 284 g/mol.